The molecule has 2 heterocycles. The monoisotopic (exact) mass is 557 g/mol. The summed E-state index contributed by atoms with van der Waals surface area (Å²) in [6, 6.07) is 24.9. The minimum Gasteiger partial charge on any atom is -0.309 e. The van der Waals surface area contributed by atoms with Gasteiger partial charge in [-0.3, -0.25) is 4.98 Å². The van der Waals surface area contributed by atoms with E-state index in [1.807, 2.05) is 34.9 Å². The summed E-state index contributed by atoms with van der Waals surface area (Å²) in [5.41, 5.74) is 1.12. The minimum atomic E-state index is -5.00. The summed E-state index contributed by atoms with van der Waals surface area (Å²) in [5, 5.41) is 11.3. The van der Waals surface area contributed by atoms with Crippen LogP contribution in [-0.4, -0.2) is 9.55 Å². The van der Waals surface area contributed by atoms with Crippen LogP contribution in [0.25, 0.3) is 49.7 Å². The Balaban J connectivity index is 1.56. The number of halogens is 6. The van der Waals surface area contributed by atoms with Crippen molar-refractivity contribution in [3.8, 4) is 34.0 Å². The molecule has 0 unspecified atom stereocenters. The van der Waals surface area contributed by atoms with Gasteiger partial charge in [-0.25, -0.2) is 0 Å². The van der Waals surface area contributed by atoms with Gasteiger partial charge in [0.25, 0.3) is 0 Å². The van der Waals surface area contributed by atoms with E-state index in [0.717, 1.165) is 28.1 Å². The van der Waals surface area contributed by atoms with Gasteiger partial charge in [0.1, 0.15) is 0 Å². The number of aromatic nitrogens is 2. The number of fused-ring (bicyclic) bond motifs is 3. The molecule has 0 aliphatic carbocycles. The van der Waals surface area contributed by atoms with Gasteiger partial charge in [-0.05, 0) is 76.9 Å². The van der Waals surface area contributed by atoms with E-state index in [4.69, 9.17) is 0 Å². The number of nitrogens with zero attached hydrogens (tertiary/aromatic N) is 3. The van der Waals surface area contributed by atoms with E-state index in [-0.39, 0.29) is 17.2 Å². The van der Waals surface area contributed by atoms with Crippen molar-refractivity contribution in [2.45, 2.75) is 12.4 Å². The fraction of sp³-hybridized carbons (Fsp3) is 0.0625. The average Bonchev–Trinajstić information content (AvgIpc) is 3.30. The Bertz CT molecular complexity index is 1980. The van der Waals surface area contributed by atoms with Crippen LogP contribution >= 0.6 is 0 Å². The SMILES string of the molecule is N#Cc1cc(-n2c3ccccc3c3cc(-c4ccc(C(F)(F)F)cc4C(F)(F)F)ccc32)ccc1-c1ccncc1. The molecule has 0 atom stereocenters. The van der Waals surface area contributed by atoms with Gasteiger partial charge in [-0.15, -0.1) is 0 Å². The summed E-state index contributed by atoms with van der Waals surface area (Å²) in [4.78, 5) is 4.02. The molecule has 0 radical (unpaired) electrons. The van der Waals surface area contributed by atoms with Crippen LogP contribution in [0.3, 0.4) is 0 Å². The van der Waals surface area contributed by atoms with E-state index in [1.165, 1.54) is 6.07 Å². The summed E-state index contributed by atoms with van der Waals surface area (Å²) < 4.78 is 83.3. The van der Waals surface area contributed by atoms with E-state index in [9.17, 15) is 31.6 Å². The maximum atomic E-state index is 13.9. The molecule has 202 valence electrons. The van der Waals surface area contributed by atoms with E-state index in [2.05, 4.69) is 11.1 Å². The van der Waals surface area contributed by atoms with Crippen LogP contribution in [0, 0.1) is 11.3 Å². The first-order valence-corrected chi connectivity index (χ1v) is 12.3. The van der Waals surface area contributed by atoms with Crippen molar-refractivity contribution in [3.05, 3.63) is 120 Å². The average molecular weight is 557 g/mol. The molecular formula is C32H17F6N3. The van der Waals surface area contributed by atoms with Crippen LogP contribution in [0.1, 0.15) is 16.7 Å². The normalized spacial score (nSPS) is 12.1. The topological polar surface area (TPSA) is 41.6 Å². The third kappa shape index (κ3) is 4.57. The van der Waals surface area contributed by atoms with Crippen LogP contribution in [0.15, 0.2) is 103 Å². The molecule has 6 aromatic rings. The van der Waals surface area contributed by atoms with Crippen LogP contribution < -0.4 is 0 Å². The molecule has 0 fully saturated rings. The number of hydrogen-bond donors (Lipinski definition) is 0. The molecule has 0 amide bonds. The lowest BCUT2D eigenvalue weighted by atomic mass is 9.95. The smallest absolute Gasteiger partial charge is 0.309 e. The third-order valence-corrected chi connectivity index (χ3v) is 7.01. The molecule has 3 nitrogen and oxygen atoms in total. The molecule has 0 bridgehead atoms. The van der Waals surface area contributed by atoms with E-state index in [1.54, 1.807) is 48.8 Å². The lowest BCUT2D eigenvalue weighted by molar-refractivity contribution is -0.142. The summed E-state index contributed by atoms with van der Waals surface area (Å²) >= 11 is 0. The second-order valence-electron chi connectivity index (χ2n) is 9.42. The van der Waals surface area contributed by atoms with Crippen molar-refractivity contribution >= 4 is 21.8 Å². The van der Waals surface area contributed by atoms with Crippen molar-refractivity contribution in [1.82, 2.24) is 9.55 Å². The van der Waals surface area contributed by atoms with E-state index >= 15 is 0 Å². The van der Waals surface area contributed by atoms with Crippen LogP contribution in [0.5, 0.6) is 0 Å². The lowest BCUT2D eigenvalue weighted by Gasteiger charge is -2.16. The first kappa shape index (κ1) is 26.1. The van der Waals surface area contributed by atoms with Gasteiger partial charge in [0, 0.05) is 28.9 Å². The van der Waals surface area contributed by atoms with Crippen molar-refractivity contribution in [2.75, 3.05) is 0 Å². The van der Waals surface area contributed by atoms with Crippen molar-refractivity contribution in [1.29, 1.82) is 5.26 Å². The first-order valence-electron chi connectivity index (χ1n) is 12.3. The maximum Gasteiger partial charge on any atom is 0.417 e. The zero-order valence-corrected chi connectivity index (χ0v) is 20.9. The van der Waals surface area contributed by atoms with Gasteiger partial charge in [0.2, 0.25) is 0 Å². The standard InChI is InChI=1S/C32H17F6N3/c33-31(34,35)22-6-8-25(28(17-22)32(36,37)38)20-5-10-30-27(16-20)26-3-1-2-4-29(26)41(30)23-7-9-24(21(15-23)18-39)19-11-13-40-14-12-19/h1-17H. The summed E-state index contributed by atoms with van der Waals surface area (Å²) in [6.07, 6.45) is -6.64. The summed E-state index contributed by atoms with van der Waals surface area (Å²) in [5.74, 6) is 0. The van der Waals surface area contributed by atoms with Crippen LogP contribution in [0.4, 0.5) is 26.3 Å². The number of hydrogen-bond acceptors (Lipinski definition) is 2. The quantitative estimate of drug-likeness (QED) is 0.204. The molecule has 0 saturated carbocycles. The molecule has 4 aromatic carbocycles. The third-order valence-electron chi connectivity index (χ3n) is 7.01. The molecular weight excluding hydrogens is 540 g/mol. The van der Waals surface area contributed by atoms with Crippen molar-refractivity contribution in [3.63, 3.8) is 0 Å². The molecule has 2 aromatic heterocycles. The fourth-order valence-electron chi connectivity index (χ4n) is 5.17. The van der Waals surface area contributed by atoms with Gasteiger partial charge < -0.3 is 4.57 Å². The molecule has 6 rings (SSSR count). The maximum absolute atomic E-state index is 13.9. The minimum absolute atomic E-state index is 0.132. The number of benzene rings is 4. The Morgan fingerprint density at radius 2 is 1.34 bits per heavy atom. The number of nitriles is 1. The predicted molar refractivity (Wildman–Crippen MR) is 144 cm³/mol. The van der Waals surface area contributed by atoms with Crippen LogP contribution in [-0.2, 0) is 12.4 Å². The fourth-order valence-corrected chi connectivity index (χ4v) is 5.17. The number of pyridine rings is 1. The Labute approximate surface area is 229 Å². The van der Waals surface area contributed by atoms with Gasteiger partial charge in [-0.2, -0.15) is 31.6 Å². The first-order chi connectivity index (χ1) is 19.6. The predicted octanol–water partition coefficient (Wildman–Crippen LogP) is 9.42. The second-order valence-corrected chi connectivity index (χ2v) is 9.42. The molecule has 0 N–H and O–H groups in total. The molecule has 0 aliphatic heterocycles. The van der Waals surface area contributed by atoms with Gasteiger partial charge >= 0.3 is 12.4 Å². The Kier molecular flexibility index (Phi) is 6.07. The Morgan fingerprint density at radius 1 is 0.634 bits per heavy atom. The summed E-state index contributed by atoms with van der Waals surface area (Å²) in [7, 11) is 0. The highest BCUT2D eigenvalue weighted by atomic mass is 19.4. The number of para-hydroxylation sites is 1. The Morgan fingerprint density at radius 3 is 2.05 bits per heavy atom. The number of rotatable bonds is 3. The molecule has 0 spiro atoms. The molecule has 9 heteroatoms. The zero-order valence-electron chi connectivity index (χ0n) is 20.9. The highest BCUT2D eigenvalue weighted by molar-refractivity contribution is 6.10. The van der Waals surface area contributed by atoms with Gasteiger partial charge in [-0.1, -0.05) is 36.4 Å². The Hall–Kier alpha value is -5.10. The van der Waals surface area contributed by atoms with Crippen molar-refractivity contribution in [2.24, 2.45) is 0 Å². The van der Waals surface area contributed by atoms with E-state index in [0.29, 0.717) is 28.2 Å². The highest BCUT2D eigenvalue weighted by Crippen LogP contribution is 2.43. The van der Waals surface area contributed by atoms with Crippen LogP contribution in [0.2, 0.25) is 0 Å². The second kappa shape index (κ2) is 9.52. The largest absolute Gasteiger partial charge is 0.417 e. The molecule has 0 saturated heterocycles. The molecule has 41 heavy (non-hydrogen) atoms. The highest BCUT2D eigenvalue weighted by Gasteiger charge is 2.38. The van der Waals surface area contributed by atoms with Crippen molar-refractivity contribution < 1.29 is 26.3 Å². The summed E-state index contributed by atoms with van der Waals surface area (Å²) in [6.45, 7) is 0. The van der Waals surface area contributed by atoms with Gasteiger partial charge in [0.05, 0.1) is 33.8 Å². The number of alkyl halides is 6. The molecule has 0 aliphatic rings. The zero-order chi connectivity index (χ0) is 28.9. The van der Waals surface area contributed by atoms with E-state index < -0.39 is 23.5 Å². The van der Waals surface area contributed by atoms with Gasteiger partial charge in [0.15, 0.2) is 0 Å². The lowest BCUT2D eigenvalue weighted by Crippen LogP contribution is -2.12.